The van der Waals surface area contributed by atoms with Gasteiger partial charge in [-0.3, -0.25) is 4.79 Å². The molecule has 0 aromatic heterocycles. The maximum atomic E-state index is 12.5. The molecule has 1 rings (SSSR count). The second kappa shape index (κ2) is 8.65. The molecule has 0 fully saturated rings. The summed E-state index contributed by atoms with van der Waals surface area (Å²) in [5.41, 5.74) is 0.120. The lowest BCUT2D eigenvalue weighted by Crippen LogP contribution is -2.40. The van der Waals surface area contributed by atoms with Gasteiger partial charge in [0.05, 0.1) is 19.8 Å². The molecule has 1 unspecified atom stereocenters. The van der Waals surface area contributed by atoms with E-state index < -0.39 is 28.0 Å². The van der Waals surface area contributed by atoms with Gasteiger partial charge in [0.15, 0.2) is 0 Å². The number of aliphatic carboxylic acids is 1. The lowest BCUT2D eigenvalue weighted by molar-refractivity contribution is -0.139. The van der Waals surface area contributed by atoms with Crippen LogP contribution in [-0.2, 0) is 19.6 Å². The van der Waals surface area contributed by atoms with E-state index in [2.05, 4.69) is 9.46 Å². The minimum atomic E-state index is -4.13. The molecule has 0 saturated heterocycles. The van der Waals surface area contributed by atoms with Crippen LogP contribution >= 0.6 is 0 Å². The van der Waals surface area contributed by atoms with E-state index in [1.807, 2.05) is 6.92 Å². The quantitative estimate of drug-likeness (QED) is 0.640. The Morgan fingerprint density at radius 2 is 1.96 bits per heavy atom. The summed E-state index contributed by atoms with van der Waals surface area (Å²) >= 11 is 0. The topological polar surface area (TPSA) is 119 Å². The Morgan fingerprint density at radius 1 is 1.29 bits per heavy atom. The van der Waals surface area contributed by atoms with E-state index in [0.717, 1.165) is 6.42 Å². The first-order chi connectivity index (χ1) is 11.3. The molecule has 1 aromatic rings. The average Bonchev–Trinajstić information content (AvgIpc) is 2.56. The van der Waals surface area contributed by atoms with Gasteiger partial charge in [0.25, 0.3) is 0 Å². The Balaban J connectivity index is 3.17. The van der Waals surface area contributed by atoms with Crippen LogP contribution in [0, 0.1) is 0 Å². The molecule has 134 valence electrons. The van der Waals surface area contributed by atoms with Gasteiger partial charge in [-0.1, -0.05) is 19.8 Å². The SMILES string of the molecule is CCCCC(NS(=O)(=O)c1ccc(C(=O)OC)cc1OC)C(=O)O. The number of unbranched alkanes of at least 4 members (excludes halogenated alkanes) is 1. The number of methoxy groups -OCH3 is 2. The zero-order valence-electron chi connectivity index (χ0n) is 13.7. The Kier molecular flexibility index (Phi) is 7.18. The van der Waals surface area contributed by atoms with Crippen molar-refractivity contribution in [3.05, 3.63) is 23.8 Å². The predicted octanol–water partition coefficient (Wildman–Crippen LogP) is 1.40. The lowest BCUT2D eigenvalue weighted by Gasteiger charge is -2.16. The second-order valence-electron chi connectivity index (χ2n) is 5.01. The van der Waals surface area contributed by atoms with Crippen LogP contribution in [0.15, 0.2) is 23.1 Å². The summed E-state index contributed by atoms with van der Waals surface area (Å²) < 4.78 is 36.7. The van der Waals surface area contributed by atoms with Crippen molar-refractivity contribution >= 4 is 22.0 Å². The number of carboxylic acids is 1. The number of ether oxygens (including phenoxy) is 2. The average molecular weight is 359 g/mol. The van der Waals surface area contributed by atoms with Gasteiger partial charge in [-0.05, 0) is 24.6 Å². The predicted molar refractivity (Wildman–Crippen MR) is 85.6 cm³/mol. The molecule has 8 nitrogen and oxygen atoms in total. The summed E-state index contributed by atoms with van der Waals surface area (Å²) in [6.07, 6.45) is 1.48. The Morgan fingerprint density at radius 3 is 2.46 bits per heavy atom. The molecule has 0 spiro atoms. The maximum Gasteiger partial charge on any atom is 0.337 e. The van der Waals surface area contributed by atoms with Gasteiger partial charge in [-0.25, -0.2) is 13.2 Å². The van der Waals surface area contributed by atoms with E-state index >= 15 is 0 Å². The zero-order valence-corrected chi connectivity index (χ0v) is 14.6. The van der Waals surface area contributed by atoms with Gasteiger partial charge < -0.3 is 14.6 Å². The third-order valence-electron chi connectivity index (χ3n) is 3.32. The van der Waals surface area contributed by atoms with Crippen LogP contribution in [0.4, 0.5) is 0 Å². The van der Waals surface area contributed by atoms with E-state index in [1.165, 1.54) is 32.4 Å². The van der Waals surface area contributed by atoms with Crippen LogP contribution in [0.25, 0.3) is 0 Å². The summed E-state index contributed by atoms with van der Waals surface area (Å²) in [4.78, 5) is 22.5. The van der Waals surface area contributed by atoms with Gasteiger partial charge in [0.1, 0.15) is 16.7 Å². The minimum absolute atomic E-state index is 0.0787. The van der Waals surface area contributed by atoms with Crippen LogP contribution in [-0.4, -0.2) is 45.7 Å². The molecule has 2 N–H and O–H groups in total. The molecule has 0 bridgehead atoms. The Bertz CT molecular complexity index is 700. The van der Waals surface area contributed by atoms with Crippen molar-refractivity contribution in [3.63, 3.8) is 0 Å². The first-order valence-electron chi connectivity index (χ1n) is 7.28. The maximum absolute atomic E-state index is 12.5. The first-order valence-corrected chi connectivity index (χ1v) is 8.76. The lowest BCUT2D eigenvalue weighted by atomic mass is 10.1. The van der Waals surface area contributed by atoms with Crippen molar-refractivity contribution in [1.82, 2.24) is 4.72 Å². The van der Waals surface area contributed by atoms with Crippen molar-refractivity contribution in [1.29, 1.82) is 0 Å². The van der Waals surface area contributed by atoms with Crippen LogP contribution in [0.3, 0.4) is 0 Å². The van der Waals surface area contributed by atoms with Gasteiger partial charge in [-0.2, -0.15) is 4.72 Å². The number of rotatable bonds is 9. The van der Waals surface area contributed by atoms with E-state index in [4.69, 9.17) is 9.84 Å². The number of carbonyl (C=O) groups is 2. The minimum Gasteiger partial charge on any atom is -0.495 e. The molecule has 1 aromatic carbocycles. The summed E-state index contributed by atoms with van der Waals surface area (Å²) in [6.45, 7) is 1.88. The largest absolute Gasteiger partial charge is 0.495 e. The highest BCUT2D eigenvalue weighted by atomic mass is 32.2. The molecule has 0 aliphatic carbocycles. The zero-order chi connectivity index (χ0) is 18.3. The summed E-state index contributed by atoms with van der Waals surface area (Å²) in [5.74, 6) is -1.97. The highest BCUT2D eigenvalue weighted by Crippen LogP contribution is 2.25. The fourth-order valence-corrected chi connectivity index (χ4v) is 3.40. The molecule has 9 heteroatoms. The normalized spacial score (nSPS) is 12.5. The van der Waals surface area contributed by atoms with Crippen molar-refractivity contribution in [2.45, 2.75) is 37.1 Å². The third-order valence-corrected chi connectivity index (χ3v) is 4.83. The van der Waals surface area contributed by atoms with Crippen LogP contribution in [0.2, 0.25) is 0 Å². The smallest absolute Gasteiger partial charge is 0.337 e. The monoisotopic (exact) mass is 359 g/mol. The summed E-state index contributed by atoms with van der Waals surface area (Å²) in [5, 5.41) is 9.17. The standard InChI is InChI=1S/C15H21NO7S/c1-4-5-6-11(14(17)18)16-24(20,21)13-8-7-10(15(19)23-3)9-12(13)22-2/h7-9,11,16H,4-6H2,1-3H3,(H,17,18). The van der Waals surface area contributed by atoms with Crippen molar-refractivity contribution in [2.24, 2.45) is 0 Å². The second-order valence-corrected chi connectivity index (χ2v) is 6.69. The third kappa shape index (κ3) is 4.93. The van der Waals surface area contributed by atoms with Crippen molar-refractivity contribution in [2.75, 3.05) is 14.2 Å². The van der Waals surface area contributed by atoms with Gasteiger partial charge in [0, 0.05) is 0 Å². The number of hydrogen-bond donors (Lipinski definition) is 2. The molecular weight excluding hydrogens is 338 g/mol. The number of hydrogen-bond acceptors (Lipinski definition) is 6. The molecule has 0 heterocycles. The number of carbonyl (C=O) groups excluding carboxylic acids is 1. The number of sulfonamides is 1. The highest BCUT2D eigenvalue weighted by Gasteiger charge is 2.27. The van der Waals surface area contributed by atoms with Crippen LogP contribution < -0.4 is 9.46 Å². The fraction of sp³-hybridized carbons (Fsp3) is 0.467. The van der Waals surface area contributed by atoms with Crippen molar-refractivity contribution in [3.8, 4) is 5.75 Å². The van der Waals surface area contributed by atoms with E-state index in [0.29, 0.717) is 6.42 Å². The van der Waals surface area contributed by atoms with Crippen LogP contribution in [0.1, 0.15) is 36.5 Å². The number of nitrogens with one attached hydrogen (secondary N) is 1. The van der Waals surface area contributed by atoms with Crippen LogP contribution in [0.5, 0.6) is 5.75 Å². The van der Waals surface area contributed by atoms with Gasteiger partial charge >= 0.3 is 11.9 Å². The van der Waals surface area contributed by atoms with E-state index in [-0.39, 0.29) is 22.6 Å². The molecule has 0 aliphatic rings. The molecule has 24 heavy (non-hydrogen) atoms. The Labute approximate surface area is 140 Å². The summed E-state index contributed by atoms with van der Waals surface area (Å²) in [6, 6.07) is 2.43. The number of benzene rings is 1. The number of carboxylic acid groups (broad SMARTS) is 1. The van der Waals surface area contributed by atoms with Gasteiger partial charge in [-0.15, -0.1) is 0 Å². The summed E-state index contributed by atoms with van der Waals surface area (Å²) in [7, 11) is -1.68. The molecule has 0 aliphatic heterocycles. The first kappa shape index (κ1) is 19.9. The van der Waals surface area contributed by atoms with E-state index in [1.54, 1.807) is 0 Å². The van der Waals surface area contributed by atoms with Crippen molar-refractivity contribution < 1.29 is 32.6 Å². The van der Waals surface area contributed by atoms with E-state index in [9.17, 15) is 18.0 Å². The fourth-order valence-electron chi connectivity index (χ4n) is 2.03. The Hall–Kier alpha value is -2.13. The number of esters is 1. The molecule has 0 radical (unpaired) electrons. The molecular formula is C15H21NO7S. The molecule has 0 saturated carbocycles. The molecule has 1 atom stereocenters. The van der Waals surface area contributed by atoms with Gasteiger partial charge in [0.2, 0.25) is 10.0 Å². The highest BCUT2D eigenvalue weighted by molar-refractivity contribution is 7.89. The molecule has 0 amide bonds.